The van der Waals surface area contributed by atoms with Crippen LogP contribution in [-0.4, -0.2) is 29.6 Å². The van der Waals surface area contributed by atoms with Crippen LogP contribution in [0.1, 0.15) is 44.4 Å². The van der Waals surface area contributed by atoms with Crippen LogP contribution in [0.4, 0.5) is 13.2 Å². The molecule has 21 heavy (non-hydrogen) atoms. The number of aliphatic hydroxyl groups is 1. The zero-order valence-corrected chi connectivity index (χ0v) is 12.8. The lowest BCUT2D eigenvalue weighted by molar-refractivity contribution is -0.137. The Bertz CT molecular complexity index is 434. The molecule has 2 nitrogen and oxygen atoms in total. The average molecular weight is 303 g/mol. The normalized spacial score (nSPS) is 15.2. The second-order valence-corrected chi connectivity index (χ2v) is 5.50. The van der Waals surface area contributed by atoms with Gasteiger partial charge in [0.25, 0.3) is 0 Å². The number of aliphatic hydroxyl groups excluding tert-OH is 1. The molecule has 1 aromatic rings. The minimum Gasteiger partial charge on any atom is -0.387 e. The number of hydrogen-bond acceptors (Lipinski definition) is 2. The van der Waals surface area contributed by atoms with Gasteiger partial charge in [0, 0.05) is 13.1 Å². The summed E-state index contributed by atoms with van der Waals surface area (Å²) in [4.78, 5) is 2.07. The maximum absolute atomic E-state index is 12.7. The fourth-order valence-corrected chi connectivity index (χ4v) is 2.17. The van der Waals surface area contributed by atoms with E-state index in [1.54, 1.807) is 0 Å². The maximum Gasteiger partial charge on any atom is 0.416 e. The monoisotopic (exact) mass is 303 g/mol. The largest absolute Gasteiger partial charge is 0.416 e. The summed E-state index contributed by atoms with van der Waals surface area (Å²) in [5.74, 6) is 0.499. The van der Waals surface area contributed by atoms with Crippen molar-refractivity contribution in [1.29, 1.82) is 0 Å². The molecule has 0 fully saturated rings. The van der Waals surface area contributed by atoms with Crippen molar-refractivity contribution >= 4 is 0 Å². The van der Waals surface area contributed by atoms with Crippen molar-refractivity contribution in [3.8, 4) is 0 Å². The molecule has 0 aliphatic carbocycles. The summed E-state index contributed by atoms with van der Waals surface area (Å²) in [5.41, 5.74) is -0.406. The first-order chi connectivity index (χ1) is 9.77. The Kier molecular flexibility index (Phi) is 6.68. The number of benzene rings is 1. The van der Waals surface area contributed by atoms with E-state index in [4.69, 9.17) is 0 Å². The van der Waals surface area contributed by atoms with Crippen LogP contribution in [0.15, 0.2) is 24.3 Å². The third kappa shape index (κ3) is 5.67. The first kappa shape index (κ1) is 18.0. The number of hydrogen-bond donors (Lipinski definition) is 1. The Morgan fingerprint density at radius 1 is 1.19 bits per heavy atom. The van der Waals surface area contributed by atoms with Gasteiger partial charge < -0.3 is 10.0 Å². The zero-order chi connectivity index (χ0) is 16.0. The highest BCUT2D eigenvalue weighted by molar-refractivity contribution is 5.27. The lowest BCUT2D eigenvalue weighted by Crippen LogP contribution is -2.32. The number of likely N-dealkylation sites (N-methyl/N-ethyl adjacent to an activating group) is 1. The molecule has 1 rings (SSSR count). The molecular formula is C16H24F3NO. The Morgan fingerprint density at radius 3 is 2.38 bits per heavy atom. The molecule has 0 heterocycles. The summed E-state index contributed by atoms with van der Waals surface area (Å²) in [5, 5.41) is 10.2. The summed E-state index contributed by atoms with van der Waals surface area (Å²) in [6.07, 6.45) is -4.25. The van der Waals surface area contributed by atoms with E-state index in [0.717, 1.165) is 31.6 Å². The molecule has 0 aliphatic rings. The van der Waals surface area contributed by atoms with Gasteiger partial charge in [-0.15, -0.1) is 0 Å². The van der Waals surface area contributed by atoms with Crippen molar-refractivity contribution in [1.82, 2.24) is 4.90 Å². The van der Waals surface area contributed by atoms with Crippen molar-refractivity contribution in [2.75, 3.05) is 19.6 Å². The van der Waals surface area contributed by atoms with Crippen molar-refractivity contribution < 1.29 is 18.3 Å². The second kappa shape index (κ2) is 7.80. The van der Waals surface area contributed by atoms with Crippen LogP contribution in [0.25, 0.3) is 0 Å². The molecule has 0 bridgehead atoms. The molecule has 0 saturated carbocycles. The standard InChI is InChI=1S/C16H24F3NO/c1-4-12(3)10-20(5-2)11-15(21)13-7-6-8-14(9-13)16(17,18)19/h6-9,12,15,21H,4-5,10-11H2,1-3H3. The van der Waals surface area contributed by atoms with Gasteiger partial charge in [-0.25, -0.2) is 0 Å². The number of rotatable bonds is 7. The highest BCUT2D eigenvalue weighted by Gasteiger charge is 2.31. The molecule has 1 aromatic carbocycles. The lowest BCUT2D eigenvalue weighted by atomic mass is 10.0. The minimum absolute atomic E-state index is 0.312. The van der Waals surface area contributed by atoms with Crippen molar-refractivity contribution in [2.45, 2.75) is 39.5 Å². The van der Waals surface area contributed by atoms with Crippen molar-refractivity contribution in [3.05, 3.63) is 35.4 Å². The molecule has 1 N–H and O–H groups in total. The van der Waals surface area contributed by atoms with Gasteiger partial charge in [0.2, 0.25) is 0 Å². The van der Waals surface area contributed by atoms with Gasteiger partial charge in [-0.2, -0.15) is 13.2 Å². The third-order valence-corrected chi connectivity index (χ3v) is 3.74. The summed E-state index contributed by atoms with van der Waals surface area (Å²) in [6.45, 7) is 8.16. The number of halogens is 3. The van der Waals surface area contributed by atoms with E-state index in [2.05, 4.69) is 18.7 Å². The van der Waals surface area contributed by atoms with Gasteiger partial charge in [-0.3, -0.25) is 0 Å². The van der Waals surface area contributed by atoms with Gasteiger partial charge >= 0.3 is 6.18 Å². The highest BCUT2D eigenvalue weighted by Crippen LogP contribution is 2.30. The van der Waals surface area contributed by atoms with E-state index in [-0.39, 0.29) is 0 Å². The number of alkyl halides is 3. The molecule has 120 valence electrons. The Morgan fingerprint density at radius 2 is 1.86 bits per heavy atom. The molecule has 2 atom stereocenters. The van der Waals surface area contributed by atoms with Crippen LogP contribution >= 0.6 is 0 Å². The van der Waals surface area contributed by atoms with E-state index >= 15 is 0 Å². The zero-order valence-electron chi connectivity index (χ0n) is 12.8. The first-order valence-corrected chi connectivity index (χ1v) is 7.35. The van der Waals surface area contributed by atoms with Crippen LogP contribution in [0.3, 0.4) is 0 Å². The molecular weight excluding hydrogens is 279 g/mol. The maximum atomic E-state index is 12.7. The predicted octanol–water partition coefficient (Wildman–Crippen LogP) is 4.11. The van der Waals surface area contributed by atoms with Crippen LogP contribution in [0.5, 0.6) is 0 Å². The molecule has 0 saturated heterocycles. The fraction of sp³-hybridized carbons (Fsp3) is 0.625. The molecule has 2 unspecified atom stereocenters. The van der Waals surface area contributed by atoms with Gasteiger partial charge in [0.15, 0.2) is 0 Å². The van der Waals surface area contributed by atoms with E-state index in [0.29, 0.717) is 18.0 Å². The van der Waals surface area contributed by atoms with Crippen LogP contribution < -0.4 is 0 Å². The molecule has 0 radical (unpaired) electrons. The lowest BCUT2D eigenvalue weighted by Gasteiger charge is -2.26. The molecule has 0 aliphatic heterocycles. The second-order valence-electron chi connectivity index (χ2n) is 5.50. The van der Waals surface area contributed by atoms with E-state index in [1.165, 1.54) is 12.1 Å². The topological polar surface area (TPSA) is 23.5 Å². The third-order valence-electron chi connectivity index (χ3n) is 3.74. The quantitative estimate of drug-likeness (QED) is 0.819. The van der Waals surface area contributed by atoms with Crippen molar-refractivity contribution in [3.63, 3.8) is 0 Å². The van der Waals surface area contributed by atoms with E-state index < -0.39 is 17.8 Å². The molecule has 0 amide bonds. The molecule has 5 heteroatoms. The van der Waals surface area contributed by atoms with Crippen LogP contribution in [-0.2, 0) is 6.18 Å². The van der Waals surface area contributed by atoms with Crippen molar-refractivity contribution in [2.24, 2.45) is 5.92 Å². The fourth-order valence-electron chi connectivity index (χ4n) is 2.17. The summed E-state index contributed by atoms with van der Waals surface area (Å²) >= 11 is 0. The number of nitrogens with zero attached hydrogens (tertiary/aromatic N) is 1. The van der Waals surface area contributed by atoms with E-state index in [1.807, 2.05) is 6.92 Å². The van der Waals surface area contributed by atoms with E-state index in [9.17, 15) is 18.3 Å². The summed E-state index contributed by atoms with van der Waals surface area (Å²) < 4.78 is 38.1. The minimum atomic E-state index is -4.38. The van der Waals surface area contributed by atoms with Gasteiger partial charge in [0.1, 0.15) is 0 Å². The average Bonchev–Trinajstić information content (AvgIpc) is 2.45. The Balaban J connectivity index is 2.76. The van der Waals surface area contributed by atoms with Gasteiger partial charge in [-0.1, -0.05) is 39.3 Å². The Labute approximate surface area is 124 Å². The Hall–Kier alpha value is -1.07. The summed E-state index contributed by atoms with van der Waals surface area (Å²) in [7, 11) is 0. The molecule has 0 aromatic heterocycles. The van der Waals surface area contributed by atoms with Gasteiger partial charge in [0.05, 0.1) is 11.7 Å². The predicted molar refractivity (Wildman–Crippen MR) is 78.0 cm³/mol. The van der Waals surface area contributed by atoms with Gasteiger partial charge in [-0.05, 0) is 30.2 Å². The smallest absolute Gasteiger partial charge is 0.387 e. The van der Waals surface area contributed by atoms with Crippen LogP contribution in [0.2, 0.25) is 0 Å². The summed E-state index contributed by atoms with van der Waals surface area (Å²) in [6, 6.07) is 4.93. The highest BCUT2D eigenvalue weighted by atomic mass is 19.4. The SMILES string of the molecule is CCC(C)CN(CC)CC(O)c1cccc(C(F)(F)F)c1. The van der Waals surface area contributed by atoms with Crippen LogP contribution in [0, 0.1) is 5.92 Å². The first-order valence-electron chi connectivity index (χ1n) is 7.35. The molecule has 0 spiro atoms.